The topological polar surface area (TPSA) is 50.5 Å². The molecule has 5 nitrogen and oxygen atoms in total. The zero-order chi connectivity index (χ0) is 18.7. The van der Waals surface area contributed by atoms with Crippen molar-refractivity contribution in [3.05, 3.63) is 54.1 Å². The van der Waals surface area contributed by atoms with E-state index in [1.165, 1.54) is 5.56 Å². The summed E-state index contributed by atoms with van der Waals surface area (Å²) >= 11 is 0. The number of ether oxygens (including phenoxy) is 1. The Bertz CT molecular complexity index is 726. The lowest BCUT2D eigenvalue weighted by molar-refractivity contribution is -0.132. The highest BCUT2D eigenvalue weighted by atomic mass is 16.5. The summed E-state index contributed by atoms with van der Waals surface area (Å²) in [7, 11) is 0. The van der Waals surface area contributed by atoms with Gasteiger partial charge in [0, 0.05) is 45.2 Å². The van der Waals surface area contributed by atoms with Crippen molar-refractivity contribution in [2.45, 2.75) is 44.9 Å². The molecule has 1 aromatic carbocycles. The second-order valence-corrected chi connectivity index (χ2v) is 8.22. The Labute approximate surface area is 162 Å². The van der Waals surface area contributed by atoms with Gasteiger partial charge in [-0.2, -0.15) is 0 Å². The first-order chi connectivity index (χ1) is 13.1. The van der Waals surface area contributed by atoms with E-state index >= 15 is 0 Å². The fraction of sp³-hybridized carbons (Fsp3) is 0.591. The van der Waals surface area contributed by atoms with E-state index in [2.05, 4.69) is 51.8 Å². The molecule has 0 saturated carbocycles. The van der Waals surface area contributed by atoms with Crippen molar-refractivity contribution in [1.29, 1.82) is 0 Å². The molecule has 0 aliphatic carbocycles. The van der Waals surface area contributed by atoms with Crippen LogP contribution in [0.3, 0.4) is 0 Å². The molecule has 4 rings (SSSR count). The van der Waals surface area contributed by atoms with Crippen LogP contribution in [-0.2, 0) is 17.8 Å². The average Bonchev–Trinajstić information content (AvgIpc) is 3.13. The van der Waals surface area contributed by atoms with Crippen molar-refractivity contribution in [3.63, 3.8) is 0 Å². The molecule has 1 N–H and O–H groups in total. The Kier molecular flexibility index (Phi) is 5.62. The summed E-state index contributed by atoms with van der Waals surface area (Å²) < 4.78 is 7.73. The Morgan fingerprint density at radius 1 is 1.19 bits per heavy atom. The SMILES string of the molecule is C[C@@H]1CN(Cc2nccn2Cc2ccccc2)CC[C@@]1(O)C1CCOCC1. The van der Waals surface area contributed by atoms with Crippen LogP contribution in [-0.4, -0.2) is 51.5 Å². The number of benzene rings is 1. The van der Waals surface area contributed by atoms with Crippen LogP contribution >= 0.6 is 0 Å². The zero-order valence-corrected chi connectivity index (χ0v) is 16.3. The van der Waals surface area contributed by atoms with Crippen molar-refractivity contribution < 1.29 is 9.84 Å². The van der Waals surface area contributed by atoms with Gasteiger partial charge in [0.2, 0.25) is 0 Å². The van der Waals surface area contributed by atoms with E-state index < -0.39 is 5.60 Å². The van der Waals surface area contributed by atoms with Crippen molar-refractivity contribution in [3.8, 4) is 0 Å². The maximum Gasteiger partial charge on any atom is 0.123 e. The number of aromatic nitrogens is 2. The number of aliphatic hydroxyl groups is 1. The van der Waals surface area contributed by atoms with Crippen LogP contribution in [0.2, 0.25) is 0 Å². The molecule has 2 fully saturated rings. The van der Waals surface area contributed by atoms with E-state index in [0.29, 0.717) is 5.92 Å². The molecule has 0 spiro atoms. The summed E-state index contributed by atoms with van der Waals surface area (Å²) in [5.74, 6) is 1.75. The number of piperidine rings is 1. The Morgan fingerprint density at radius 3 is 2.70 bits per heavy atom. The molecule has 2 saturated heterocycles. The minimum atomic E-state index is -0.542. The highest BCUT2D eigenvalue weighted by molar-refractivity contribution is 5.16. The predicted molar refractivity (Wildman–Crippen MR) is 105 cm³/mol. The first kappa shape index (κ1) is 18.7. The molecule has 146 valence electrons. The van der Waals surface area contributed by atoms with Gasteiger partial charge in [-0.25, -0.2) is 4.98 Å². The third kappa shape index (κ3) is 4.10. The lowest BCUT2D eigenvalue weighted by Crippen LogP contribution is -2.55. The van der Waals surface area contributed by atoms with Gasteiger partial charge in [0.15, 0.2) is 0 Å². The summed E-state index contributed by atoms with van der Waals surface area (Å²) in [6.07, 6.45) is 6.78. The van der Waals surface area contributed by atoms with Crippen molar-refractivity contribution in [2.75, 3.05) is 26.3 Å². The Balaban J connectivity index is 1.38. The average molecular weight is 370 g/mol. The summed E-state index contributed by atoms with van der Waals surface area (Å²) in [6, 6.07) is 10.5. The van der Waals surface area contributed by atoms with Gasteiger partial charge in [-0.1, -0.05) is 37.3 Å². The van der Waals surface area contributed by atoms with Crippen LogP contribution < -0.4 is 0 Å². The number of rotatable bonds is 5. The summed E-state index contributed by atoms with van der Waals surface area (Å²) in [6.45, 7) is 7.33. The van der Waals surface area contributed by atoms with Crippen LogP contribution in [0.25, 0.3) is 0 Å². The molecule has 2 aliphatic heterocycles. The second kappa shape index (κ2) is 8.13. The summed E-state index contributed by atoms with van der Waals surface area (Å²) in [5, 5.41) is 11.4. The van der Waals surface area contributed by atoms with Gasteiger partial charge < -0.3 is 14.4 Å². The molecule has 2 aliphatic rings. The van der Waals surface area contributed by atoms with Gasteiger partial charge in [0.25, 0.3) is 0 Å². The van der Waals surface area contributed by atoms with Gasteiger partial charge in [-0.15, -0.1) is 0 Å². The standard InChI is InChI=1S/C22H31N3O2/c1-18-15-24(11-9-22(18,26)20-7-13-27-14-8-20)17-21-23-10-12-25(21)16-19-5-3-2-4-6-19/h2-6,10,12,18,20,26H,7-9,11,13-17H2,1H3/t18-,22+/m1/s1. The molecule has 27 heavy (non-hydrogen) atoms. The zero-order valence-electron chi connectivity index (χ0n) is 16.3. The van der Waals surface area contributed by atoms with Crippen LogP contribution in [0.15, 0.2) is 42.7 Å². The number of nitrogens with zero attached hydrogens (tertiary/aromatic N) is 3. The Hall–Kier alpha value is -1.69. The minimum absolute atomic E-state index is 0.270. The van der Waals surface area contributed by atoms with E-state index in [1.54, 1.807) is 0 Å². The molecule has 0 radical (unpaired) electrons. The molecule has 2 atom stereocenters. The molecule has 0 bridgehead atoms. The van der Waals surface area contributed by atoms with Gasteiger partial charge in [-0.3, -0.25) is 4.90 Å². The van der Waals surface area contributed by atoms with Gasteiger partial charge >= 0.3 is 0 Å². The smallest absolute Gasteiger partial charge is 0.123 e. The van der Waals surface area contributed by atoms with Crippen molar-refractivity contribution >= 4 is 0 Å². The fourth-order valence-corrected chi connectivity index (χ4v) is 4.78. The van der Waals surface area contributed by atoms with Crippen LogP contribution in [0.1, 0.15) is 37.6 Å². The maximum atomic E-state index is 11.4. The van der Waals surface area contributed by atoms with E-state index in [9.17, 15) is 5.11 Å². The van der Waals surface area contributed by atoms with Crippen molar-refractivity contribution in [2.24, 2.45) is 11.8 Å². The monoisotopic (exact) mass is 369 g/mol. The third-order valence-corrected chi connectivity index (χ3v) is 6.50. The molecule has 0 unspecified atom stereocenters. The number of imidazole rings is 1. The first-order valence-corrected chi connectivity index (χ1v) is 10.2. The van der Waals surface area contributed by atoms with E-state index in [1.807, 2.05) is 12.3 Å². The second-order valence-electron chi connectivity index (χ2n) is 8.22. The van der Waals surface area contributed by atoms with Gasteiger partial charge in [0.1, 0.15) is 5.82 Å². The normalized spacial score (nSPS) is 27.7. The Morgan fingerprint density at radius 2 is 1.96 bits per heavy atom. The molecular formula is C22H31N3O2. The van der Waals surface area contributed by atoms with Crippen LogP contribution in [0.5, 0.6) is 0 Å². The first-order valence-electron chi connectivity index (χ1n) is 10.2. The van der Waals surface area contributed by atoms with Gasteiger partial charge in [0.05, 0.1) is 12.1 Å². The number of hydrogen-bond acceptors (Lipinski definition) is 4. The van der Waals surface area contributed by atoms with Crippen LogP contribution in [0, 0.1) is 11.8 Å². The van der Waals surface area contributed by atoms with Crippen molar-refractivity contribution in [1.82, 2.24) is 14.5 Å². The third-order valence-electron chi connectivity index (χ3n) is 6.50. The van der Waals surface area contributed by atoms with E-state index in [-0.39, 0.29) is 5.92 Å². The molecular weight excluding hydrogens is 338 g/mol. The highest BCUT2D eigenvalue weighted by Crippen LogP contribution is 2.39. The lowest BCUT2D eigenvalue weighted by Gasteiger charge is -2.48. The quantitative estimate of drug-likeness (QED) is 0.880. The summed E-state index contributed by atoms with van der Waals surface area (Å²) in [4.78, 5) is 7.05. The predicted octanol–water partition coefficient (Wildman–Crippen LogP) is 2.93. The largest absolute Gasteiger partial charge is 0.389 e. The molecule has 1 aromatic heterocycles. The lowest BCUT2D eigenvalue weighted by atomic mass is 9.70. The minimum Gasteiger partial charge on any atom is -0.389 e. The molecule has 3 heterocycles. The number of likely N-dealkylation sites (tertiary alicyclic amines) is 1. The van der Waals surface area contributed by atoms with E-state index in [0.717, 1.165) is 64.5 Å². The van der Waals surface area contributed by atoms with Gasteiger partial charge in [-0.05, 0) is 36.7 Å². The molecule has 2 aromatic rings. The fourth-order valence-electron chi connectivity index (χ4n) is 4.78. The molecule has 0 amide bonds. The van der Waals surface area contributed by atoms with Crippen LogP contribution in [0.4, 0.5) is 0 Å². The molecule has 5 heteroatoms. The summed E-state index contributed by atoms with van der Waals surface area (Å²) in [5.41, 5.74) is 0.748. The highest BCUT2D eigenvalue weighted by Gasteiger charge is 2.45. The van der Waals surface area contributed by atoms with E-state index in [4.69, 9.17) is 4.74 Å². The maximum absolute atomic E-state index is 11.4. The number of hydrogen-bond donors (Lipinski definition) is 1.